The van der Waals surface area contributed by atoms with Crippen LogP contribution < -0.4 is 10.1 Å². The Morgan fingerprint density at radius 3 is 2.86 bits per heavy atom. The fraction of sp³-hybridized carbons (Fsp3) is 0.600. The molecule has 2 fully saturated rings. The van der Waals surface area contributed by atoms with E-state index in [9.17, 15) is 9.59 Å². The first-order valence-electron chi connectivity index (χ1n) is 9.77. The number of amides is 2. The molecule has 8 heteroatoms. The number of likely N-dealkylation sites (N-methyl/N-ethyl adjacent to an activating group) is 1. The van der Waals surface area contributed by atoms with E-state index in [0.29, 0.717) is 26.2 Å². The topological polar surface area (TPSA) is 91.3 Å². The standard InChI is InChI=1S/C20H29N3O5/c1-3-22(13-19(24)25)16-10-15(11-16)21-20(26)23-7-8-28-18(12-23)14-5-4-6-17(9-14)27-2/h4-6,9,15-16,18H,3,7-8,10-13H2,1-2H3,(H,21,26)(H,24,25). The van der Waals surface area contributed by atoms with E-state index in [0.717, 1.165) is 24.2 Å². The van der Waals surface area contributed by atoms with Crippen LogP contribution in [-0.2, 0) is 9.53 Å². The number of rotatable bonds is 7. The number of nitrogens with zero attached hydrogens (tertiary/aromatic N) is 2. The van der Waals surface area contributed by atoms with Crippen molar-refractivity contribution < 1.29 is 24.2 Å². The fourth-order valence-corrected chi connectivity index (χ4v) is 3.82. The number of hydrogen-bond acceptors (Lipinski definition) is 5. The number of benzene rings is 1. The summed E-state index contributed by atoms with van der Waals surface area (Å²) in [7, 11) is 1.63. The number of carboxylic acids is 1. The van der Waals surface area contributed by atoms with Crippen LogP contribution in [0.25, 0.3) is 0 Å². The Bertz CT molecular complexity index is 692. The van der Waals surface area contributed by atoms with E-state index in [1.165, 1.54) is 0 Å². The van der Waals surface area contributed by atoms with E-state index in [2.05, 4.69) is 5.32 Å². The van der Waals surface area contributed by atoms with Gasteiger partial charge in [-0.2, -0.15) is 0 Å². The summed E-state index contributed by atoms with van der Waals surface area (Å²) in [5.74, 6) is -0.0451. The van der Waals surface area contributed by atoms with E-state index in [1.807, 2.05) is 36.1 Å². The fourth-order valence-electron chi connectivity index (χ4n) is 3.82. The summed E-state index contributed by atoms with van der Waals surface area (Å²) in [6.07, 6.45) is 1.41. The summed E-state index contributed by atoms with van der Waals surface area (Å²) in [6, 6.07) is 7.95. The molecule has 8 nitrogen and oxygen atoms in total. The van der Waals surface area contributed by atoms with Gasteiger partial charge in [-0.3, -0.25) is 9.69 Å². The summed E-state index contributed by atoms with van der Waals surface area (Å²) in [6.45, 7) is 4.25. The monoisotopic (exact) mass is 391 g/mol. The summed E-state index contributed by atoms with van der Waals surface area (Å²) in [4.78, 5) is 27.3. The van der Waals surface area contributed by atoms with Gasteiger partial charge in [-0.05, 0) is 37.1 Å². The molecular weight excluding hydrogens is 362 g/mol. The van der Waals surface area contributed by atoms with Crippen LogP contribution in [0.5, 0.6) is 5.75 Å². The predicted molar refractivity (Wildman–Crippen MR) is 103 cm³/mol. The average molecular weight is 391 g/mol. The molecule has 28 heavy (non-hydrogen) atoms. The first-order chi connectivity index (χ1) is 13.5. The van der Waals surface area contributed by atoms with Crippen LogP contribution in [0.15, 0.2) is 24.3 Å². The first-order valence-corrected chi connectivity index (χ1v) is 9.77. The first kappa shape index (κ1) is 20.4. The van der Waals surface area contributed by atoms with Crippen molar-refractivity contribution in [2.75, 3.05) is 39.9 Å². The third kappa shape index (κ3) is 4.94. The molecule has 2 aliphatic rings. The number of nitrogens with one attached hydrogen (secondary N) is 1. The lowest BCUT2D eigenvalue weighted by atomic mass is 9.85. The molecular formula is C20H29N3O5. The molecule has 1 heterocycles. The molecule has 1 saturated carbocycles. The third-order valence-corrected chi connectivity index (χ3v) is 5.52. The Hall–Kier alpha value is -2.32. The minimum atomic E-state index is -0.814. The van der Waals surface area contributed by atoms with Gasteiger partial charge in [0.25, 0.3) is 0 Å². The summed E-state index contributed by atoms with van der Waals surface area (Å²) >= 11 is 0. The lowest BCUT2D eigenvalue weighted by Crippen LogP contribution is -2.57. The van der Waals surface area contributed by atoms with E-state index in [4.69, 9.17) is 14.6 Å². The number of ether oxygens (including phenoxy) is 2. The molecule has 1 aliphatic heterocycles. The highest BCUT2D eigenvalue weighted by Crippen LogP contribution is 2.27. The highest BCUT2D eigenvalue weighted by atomic mass is 16.5. The molecule has 1 atom stereocenters. The lowest BCUT2D eigenvalue weighted by Gasteiger charge is -2.43. The minimum Gasteiger partial charge on any atom is -0.497 e. The zero-order valence-corrected chi connectivity index (χ0v) is 16.5. The van der Waals surface area contributed by atoms with Gasteiger partial charge in [0.15, 0.2) is 0 Å². The molecule has 1 unspecified atom stereocenters. The minimum absolute atomic E-state index is 0.0491. The molecule has 0 bridgehead atoms. The van der Waals surface area contributed by atoms with Crippen molar-refractivity contribution in [2.45, 2.75) is 38.0 Å². The number of carbonyl (C=O) groups is 2. The maximum absolute atomic E-state index is 12.7. The molecule has 0 radical (unpaired) electrons. The highest BCUT2D eigenvalue weighted by Gasteiger charge is 2.36. The van der Waals surface area contributed by atoms with Crippen LogP contribution in [0.3, 0.4) is 0 Å². The zero-order valence-electron chi connectivity index (χ0n) is 16.5. The second-order valence-corrected chi connectivity index (χ2v) is 7.31. The number of methoxy groups -OCH3 is 1. The molecule has 154 valence electrons. The number of carbonyl (C=O) groups excluding carboxylic acids is 1. The van der Waals surface area contributed by atoms with Gasteiger partial charge in [0, 0.05) is 18.6 Å². The van der Waals surface area contributed by atoms with E-state index in [1.54, 1.807) is 12.0 Å². The largest absolute Gasteiger partial charge is 0.497 e. The Kier molecular flexibility index (Phi) is 6.74. The molecule has 1 aromatic carbocycles. The molecule has 1 aliphatic carbocycles. The van der Waals surface area contributed by atoms with Crippen LogP contribution in [-0.4, -0.2) is 78.9 Å². The molecule has 1 aromatic rings. The van der Waals surface area contributed by atoms with Crippen molar-refractivity contribution in [1.29, 1.82) is 0 Å². The zero-order chi connectivity index (χ0) is 20.1. The SMILES string of the molecule is CCN(CC(=O)O)C1CC(NC(=O)N2CCOC(c3cccc(OC)c3)C2)C1. The van der Waals surface area contributed by atoms with Crippen LogP contribution in [0, 0.1) is 0 Å². The van der Waals surface area contributed by atoms with E-state index < -0.39 is 5.97 Å². The molecule has 2 amide bonds. The van der Waals surface area contributed by atoms with Crippen molar-refractivity contribution in [2.24, 2.45) is 0 Å². The van der Waals surface area contributed by atoms with Crippen LogP contribution in [0.4, 0.5) is 4.79 Å². The van der Waals surface area contributed by atoms with Gasteiger partial charge in [-0.25, -0.2) is 4.79 Å². The number of aliphatic carboxylic acids is 1. The predicted octanol–water partition coefficient (Wildman–Crippen LogP) is 1.72. The molecule has 1 saturated heterocycles. The quantitative estimate of drug-likeness (QED) is 0.735. The number of carboxylic acid groups (broad SMARTS) is 1. The molecule has 0 aromatic heterocycles. The van der Waals surface area contributed by atoms with Crippen LogP contribution in [0.2, 0.25) is 0 Å². The summed E-state index contributed by atoms with van der Waals surface area (Å²) < 4.78 is 11.1. The maximum Gasteiger partial charge on any atom is 0.317 e. The molecule has 3 rings (SSSR count). The van der Waals surface area contributed by atoms with Gasteiger partial charge in [-0.15, -0.1) is 0 Å². The van der Waals surface area contributed by atoms with E-state index >= 15 is 0 Å². The van der Waals surface area contributed by atoms with E-state index in [-0.39, 0.29) is 30.8 Å². The van der Waals surface area contributed by atoms with Crippen molar-refractivity contribution in [3.8, 4) is 5.75 Å². The van der Waals surface area contributed by atoms with Crippen molar-refractivity contribution in [3.63, 3.8) is 0 Å². The normalized spacial score (nSPS) is 24.5. The molecule has 2 N–H and O–H groups in total. The second kappa shape index (κ2) is 9.25. The third-order valence-electron chi connectivity index (χ3n) is 5.52. The van der Waals surface area contributed by atoms with Crippen LogP contribution >= 0.6 is 0 Å². The van der Waals surface area contributed by atoms with Crippen molar-refractivity contribution in [1.82, 2.24) is 15.1 Å². The lowest BCUT2D eigenvalue weighted by molar-refractivity contribution is -0.139. The Morgan fingerprint density at radius 1 is 1.39 bits per heavy atom. The van der Waals surface area contributed by atoms with Crippen LogP contribution in [0.1, 0.15) is 31.4 Å². The number of urea groups is 1. The van der Waals surface area contributed by atoms with Gasteiger partial charge >= 0.3 is 12.0 Å². The highest BCUT2D eigenvalue weighted by molar-refractivity contribution is 5.75. The average Bonchev–Trinajstić information content (AvgIpc) is 2.68. The maximum atomic E-state index is 12.7. The Balaban J connectivity index is 1.49. The van der Waals surface area contributed by atoms with Crippen molar-refractivity contribution in [3.05, 3.63) is 29.8 Å². The smallest absolute Gasteiger partial charge is 0.317 e. The van der Waals surface area contributed by atoms with Gasteiger partial charge in [-0.1, -0.05) is 19.1 Å². The second-order valence-electron chi connectivity index (χ2n) is 7.31. The summed E-state index contributed by atoms with van der Waals surface area (Å²) in [5.41, 5.74) is 0.993. The van der Waals surface area contributed by atoms with Gasteiger partial charge < -0.3 is 24.8 Å². The summed E-state index contributed by atoms with van der Waals surface area (Å²) in [5, 5.41) is 12.1. The number of morpholine rings is 1. The Labute approximate surface area is 165 Å². The van der Waals surface area contributed by atoms with Gasteiger partial charge in [0.1, 0.15) is 11.9 Å². The van der Waals surface area contributed by atoms with Gasteiger partial charge in [0.05, 0.1) is 26.8 Å². The van der Waals surface area contributed by atoms with Gasteiger partial charge in [0.2, 0.25) is 0 Å². The number of hydrogen-bond donors (Lipinski definition) is 2. The van der Waals surface area contributed by atoms with Crippen molar-refractivity contribution >= 4 is 12.0 Å². The molecule has 0 spiro atoms. The Morgan fingerprint density at radius 2 is 2.18 bits per heavy atom.